The van der Waals surface area contributed by atoms with Gasteiger partial charge in [-0.3, -0.25) is 9.59 Å². The van der Waals surface area contributed by atoms with Crippen molar-refractivity contribution in [2.24, 2.45) is 10.8 Å². The van der Waals surface area contributed by atoms with Crippen molar-refractivity contribution >= 4 is 40.6 Å². The number of hydrogen-bond donors (Lipinski definition) is 2. The van der Waals surface area contributed by atoms with Crippen LogP contribution in [0.2, 0.25) is 0 Å². The van der Waals surface area contributed by atoms with Gasteiger partial charge in [-0.25, -0.2) is 5.43 Å². The number of rotatable bonds is 7. The van der Waals surface area contributed by atoms with Gasteiger partial charge in [-0.1, -0.05) is 18.2 Å². The maximum absolute atomic E-state index is 11.9. The third-order valence-electron chi connectivity index (χ3n) is 3.03. The van der Waals surface area contributed by atoms with Crippen LogP contribution in [0.15, 0.2) is 47.6 Å². The molecule has 0 radical (unpaired) electrons. The molecule has 130 valence electrons. The molecule has 2 amide bonds. The summed E-state index contributed by atoms with van der Waals surface area (Å²) in [5, 5.41) is 3.94. The number of carbonyl (C=O) groups excluding carboxylic acids is 2. The Morgan fingerprint density at radius 2 is 2.00 bits per heavy atom. The van der Waals surface area contributed by atoms with Gasteiger partial charge in [0.05, 0.1) is 16.9 Å². The zero-order valence-corrected chi connectivity index (χ0v) is 15.5. The normalized spacial score (nSPS) is 10.5. The van der Waals surface area contributed by atoms with E-state index in [0.29, 0.717) is 26.2 Å². The van der Waals surface area contributed by atoms with Gasteiger partial charge < -0.3 is 15.2 Å². The van der Waals surface area contributed by atoms with Crippen LogP contribution >= 0.6 is 22.6 Å². The molecule has 25 heavy (non-hydrogen) atoms. The monoisotopic (exact) mass is 453 g/mol. The number of primary amides is 1. The van der Waals surface area contributed by atoms with Crippen molar-refractivity contribution in [3.05, 3.63) is 57.2 Å². The number of amides is 2. The summed E-state index contributed by atoms with van der Waals surface area (Å²) in [5.74, 6) is -0.0246. The van der Waals surface area contributed by atoms with E-state index in [0.717, 1.165) is 0 Å². The quantitative estimate of drug-likeness (QED) is 0.380. The first-order chi connectivity index (χ1) is 12.0. The highest BCUT2D eigenvalue weighted by Gasteiger charge is 2.12. The molecule has 2 rings (SSSR count). The summed E-state index contributed by atoms with van der Waals surface area (Å²) in [6, 6.07) is 12.2. The molecule has 7 nitrogen and oxygen atoms in total. The van der Waals surface area contributed by atoms with Gasteiger partial charge in [0.25, 0.3) is 11.8 Å². The predicted molar refractivity (Wildman–Crippen MR) is 102 cm³/mol. The van der Waals surface area contributed by atoms with Gasteiger partial charge in [0.2, 0.25) is 0 Å². The summed E-state index contributed by atoms with van der Waals surface area (Å²) >= 11 is 2.05. The second-order valence-electron chi connectivity index (χ2n) is 4.85. The SMILES string of the molecule is COc1cc(/C=N/NC(=O)c2ccccc2)cc(I)c1OCC(N)=O. The fraction of sp³-hybridized carbons (Fsp3) is 0.118. The van der Waals surface area contributed by atoms with Crippen LogP contribution in [0.1, 0.15) is 15.9 Å². The number of nitrogens with one attached hydrogen (secondary N) is 1. The largest absolute Gasteiger partial charge is 0.493 e. The van der Waals surface area contributed by atoms with Gasteiger partial charge in [0, 0.05) is 5.56 Å². The van der Waals surface area contributed by atoms with Crippen LogP contribution < -0.4 is 20.6 Å². The second kappa shape index (κ2) is 9.02. The molecule has 0 fully saturated rings. The minimum absolute atomic E-state index is 0.243. The first-order valence-electron chi connectivity index (χ1n) is 7.18. The lowest BCUT2D eigenvalue weighted by Gasteiger charge is -2.12. The molecular weight excluding hydrogens is 437 g/mol. The molecule has 0 unspecified atom stereocenters. The van der Waals surface area contributed by atoms with Crippen LogP contribution in [-0.4, -0.2) is 31.7 Å². The lowest BCUT2D eigenvalue weighted by Crippen LogP contribution is -2.20. The first-order valence-corrected chi connectivity index (χ1v) is 8.26. The molecule has 8 heteroatoms. The van der Waals surface area contributed by atoms with Gasteiger partial charge in [0.15, 0.2) is 18.1 Å². The van der Waals surface area contributed by atoms with Crippen molar-refractivity contribution in [1.29, 1.82) is 0 Å². The summed E-state index contributed by atoms with van der Waals surface area (Å²) < 4.78 is 11.3. The minimum Gasteiger partial charge on any atom is -0.493 e. The van der Waals surface area contributed by atoms with Crippen LogP contribution in [0.3, 0.4) is 0 Å². The number of carbonyl (C=O) groups is 2. The Hall–Kier alpha value is -2.62. The summed E-state index contributed by atoms with van der Waals surface area (Å²) in [7, 11) is 1.49. The maximum atomic E-state index is 11.9. The highest BCUT2D eigenvalue weighted by molar-refractivity contribution is 14.1. The summed E-state index contributed by atoms with van der Waals surface area (Å²) in [5.41, 5.74) is 8.75. The third kappa shape index (κ3) is 5.45. The van der Waals surface area contributed by atoms with Crippen LogP contribution in [0.25, 0.3) is 0 Å². The van der Waals surface area contributed by atoms with Gasteiger partial charge >= 0.3 is 0 Å². The Labute approximate surface area is 158 Å². The van der Waals surface area contributed by atoms with Crippen LogP contribution in [0, 0.1) is 3.57 Å². The average Bonchev–Trinajstić information content (AvgIpc) is 2.60. The van der Waals surface area contributed by atoms with Crippen molar-refractivity contribution in [2.45, 2.75) is 0 Å². The molecule has 2 aromatic carbocycles. The van der Waals surface area contributed by atoms with E-state index in [4.69, 9.17) is 15.2 Å². The number of hydrogen-bond acceptors (Lipinski definition) is 5. The Morgan fingerprint density at radius 1 is 1.28 bits per heavy atom. The molecule has 0 aliphatic carbocycles. The van der Waals surface area contributed by atoms with E-state index < -0.39 is 5.91 Å². The number of methoxy groups -OCH3 is 1. The number of nitrogens with two attached hydrogens (primary N) is 1. The van der Waals surface area contributed by atoms with E-state index >= 15 is 0 Å². The fourth-order valence-corrected chi connectivity index (χ4v) is 2.70. The van der Waals surface area contributed by atoms with E-state index in [9.17, 15) is 9.59 Å². The number of ether oxygens (including phenoxy) is 2. The van der Waals surface area contributed by atoms with Gasteiger partial charge in [0.1, 0.15) is 0 Å². The van der Waals surface area contributed by atoms with E-state index in [1.165, 1.54) is 13.3 Å². The highest BCUT2D eigenvalue weighted by atomic mass is 127. The zero-order chi connectivity index (χ0) is 18.2. The Morgan fingerprint density at radius 3 is 2.64 bits per heavy atom. The van der Waals surface area contributed by atoms with Gasteiger partial charge in [-0.15, -0.1) is 0 Å². The molecule has 0 aromatic heterocycles. The lowest BCUT2D eigenvalue weighted by atomic mass is 10.2. The van der Waals surface area contributed by atoms with Crippen molar-refractivity contribution < 1.29 is 19.1 Å². The first kappa shape index (κ1) is 18.7. The summed E-state index contributed by atoms with van der Waals surface area (Å²) in [4.78, 5) is 22.8. The van der Waals surface area contributed by atoms with Crippen LogP contribution in [0.5, 0.6) is 11.5 Å². The lowest BCUT2D eigenvalue weighted by molar-refractivity contribution is -0.119. The zero-order valence-electron chi connectivity index (χ0n) is 13.4. The average molecular weight is 453 g/mol. The third-order valence-corrected chi connectivity index (χ3v) is 3.83. The van der Waals surface area contributed by atoms with Crippen molar-refractivity contribution in [3.63, 3.8) is 0 Å². The van der Waals surface area contributed by atoms with Gasteiger partial charge in [-0.05, 0) is 52.4 Å². The fourth-order valence-electron chi connectivity index (χ4n) is 1.92. The Kier molecular flexibility index (Phi) is 6.75. The topological polar surface area (TPSA) is 103 Å². The molecule has 0 spiro atoms. The van der Waals surface area contributed by atoms with Crippen LogP contribution in [-0.2, 0) is 4.79 Å². The molecule has 2 aromatic rings. The predicted octanol–water partition coefficient (Wildman–Crippen LogP) is 1.93. The molecule has 0 heterocycles. The van der Waals surface area contributed by atoms with Gasteiger partial charge in [-0.2, -0.15) is 5.10 Å². The number of benzene rings is 2. The number of hydrazone groups is 1. The maximum Gasteiger partial charge on any atom is 0.271 e. The number of nitrogens with zero attached hydrogens (tertiary/aromatic N) is 1. The molecule has 0 saturated carbocycles. The molecular formula is C17H16IN3O4. The Balaban J connectivity index is 2.10. The molecule has 0 bridgehead atoms. The number of halogens is 1. The van der Waals surface area contributed by atoms with Crippen molar-refractivity contribution in [1.82, 2.24) is 5.43 Å². The van der Waals surface area contributed by atoms with E-state index in [1.807, 2.05) is 6.07 Å². The smallest absolute Gasteiger partial charge is 0.271 e. The molecule has 3 N–H and O–H groups in total. The summed E-state index contributed by atoms with van der Waals surface area (Å²) in [6.07, 6.45) is 1.49. The van der Waals surface area contributed by atoms with Crippen molar-refractivity contribution in [3.8, 4) is 11.5 Å². The van der Waals surface area contributed by atoms with E-state index in [1.54, 1.807) is 36.4 Å². The highest BCUT2D eigenvalue weighted by Crippen LogP contribution is 2.33. The van der Waals surface area contributed by atoms with Crippen LogP contribution in [0.4, 0.5) is 0 Å². The molecule has 0 saturated heterocycles. The van der Waals surface area contributed by atoms with Crippen molar-refractivity contribution in [2.75, 3.05) is 13.7 Å². The van der Waals surface area contributed by atoms with E-state index in [-0.39, 0.29) is 12.5 Å². The second-order valence-corrected chi connectivity index (χ2v) is 6.02. The van der Waals surface area contributed by atoms with E-state index in [2.05, 4.69) is 33.1 Å². The molecule has 0 atom stereocenters. The molecule has 0 aliphatic rings. The minimum atomic E-state index is -0.577. The summed E-state index contributed by atoms with van der Waals surface area (Å²) in [6.45, 7) is -0.243. The Bertz CT molecular complexity index is 794. The molecule has 0 aliphatic heterocycles. The standard InChI is InChI=1S/C17H16IN3O4/c1-24-14-8-11(7-13(18)16(14)25-10-15(19)22)9-20-21-17(23)12-5-3-2-4-6-12/h2-9H,10H2,1H3,(H2,19,22)(H,21,23)/b20-9+.